The van der Waals surface area contributed by atoms with Gasteiger partial charge in [-0.15, -0.1) is 0 Å². The molecule has 0 aliphatic carbocycles. The molecule has 0 bridgehead atoms. The number of likely N-dealkylation sites (tertiary alicyclic amines) is 1. The molecule has 158 valence electrons. The van der Waals surface area contributed by atoms with E-state index in [2.05, 4.69) is 4.90 Å². The molecule has 2 heterocycles. The Bertz CT molecular complexity index is 1050. The van der Waals surface area contributed by atoms with Crippen LogP contribution < -0.4 is 10.2 Å². The van der Waals surface area contributed by atoms with E-state index in [9.17, 15) is 15.0 Å². The molecule has 1 aliphatic rings. The lowest BCUT2D eigenvalue weighted by atomic mass is 10.1. The monoisotopic (exact) mass is 409 g/mol. The normalized spacial score (nSPS) is 14.8. The lowest BCUT2D eigenvalue weighted by molar-refractivity contribution is 0.216. The fraction of sp³-hybridized carbons (Fsp3) is 0.375. The molecule has 0 spiro atoms. The van der Waals surface area contributed by atoms with Crippen molar-refractivity contribution in [3.05, 3.63) is 52.7 Å². The van der Waals surface area contributed by atoms with Gasteiger partial charge in [-0.05, 0) is 81.7 Å². The van der Waals surface area contributed by atoms with Gasteiger partial charge in [0.1, 0.15) is 11.5 Å². The molecule has 2 aromatic carbocycles. The fourth-order valence-electron chi connectivity index (χ4n) is 3.86. The van der Waals surface area contributed by atoms with E-state index < -0.39 is 5.75 Å². The lowest BCUT2D eigenvalue weighted by Crippen LogP contribution is -2.30. The average Bonchev–Trinajstić information content (AvgIpc) is 2.77. The van der Waals surface area contributed by atoms with Gasteiger partial charge in [-0.1, -0.05) is 6.42 Å². The van der Waals surface area contributed by atoms with Crippen molar-refractivity contribution < 1.29 is 19.4 Å². The zero-order chi connectivity index (χ0) is 20.9. The van der Waals surface area contributed by atoms with E-state index in [1.807, 2.05) is 24.3 Å². The number of fused-ring (bicyclic) bond motifs is 1. The number of rotatable bonds is 7. The maximum Gasteiger partial charge on any atom is 0.201 e. The fourth-order valence-corrected chi connectivity index (χ4v) is 3.86. The highest BCUT2D eigenvalue weighted by Crippen LogP contribution is 2.34. The Morgan fingerprint density at radius 2 is 1.73 bits per heavy atom. The predicted octanol–water partition coefficient (Wildman–Crippen LogP) is 4.52. The first-order chi connectivity index (χ1) is 14.6. The van der Waals surface area contributed by atoms with Crippen LogP contribution >= 0.6 is 0 Å². The van der Waals surface area contributed by atoms with Crippen LogP contribution in [0.15, 0.2) is 51.7 Å². The molecule has 1 aromatic heterocycles. The van der Waals surface area contributed by atoms with Gasteiger partial charge in [0.2, 0.25) is 5.75 Å². The van der Waals surface area contributed by atoms with Crippen molar-refractivity contribution in [3.8, 4) is 28.6 Å². The van der Waals surface area contributed by atoms with Gasteiger partial charge >= 0.3 is 0 Å². The summed E-state index contributed by atoms with van der Waals surface area (Å²) in [6.45, 7) is 4.27. The topological polar surface area (TPSA) is 83.1 Å². The molecule has 1 aliphatic heterocycles. The number of phenols is 2. The summed E-state index contributed by atoms with van der Waals surface area (Å²) in [5, 5.41) is 19.9. The summed E-state index contributed by atoms with van der Waals surface area (Å²) >= 11 is 0. The minimum Gasteiger partial charge on any atom is -0.504 e. The van der Waals surface area contributed by atoms with E-state index in [1.54, 1.807) is 0 Å². The molecule has 0 radical (unpaired) electrons. The van der Waals surface area contributed by atoms with Crippen LogP contribution in [0.2, 0.25) is 0 Å². The molecule has 0 unspecified atom stereocenters. The van der Waals surface area contributed by atoms with Gasteiger partial charge in [0, 0.05) is 11.6 Å². The minimum absolute atomic E-state index is 0.0217. The first-order valence-electron chi connectivity index (χ1n) is 10.6. The average molecular weight is 409 g/mol. The molecule has 2 N–H and O–H groups in total. The summed E-state index contributed by atoms with van der Waals surface area (Å²) in [4.78, 5) is 14.9. The summed E-state index contributed by atoms with van der Waals surface area (Å²) in [7, 11) is 0. The van der Waals surface area contributed by atoms with Crippen molar-refractivity contribution in [1.82, 2.24) is 4.90 Å². The third-order valence-electron chi connectivity index (χ3n) is 5.57. The van der Waals surface area contributed by atoms with Crippen LogP contribution in [0.25, 0.3) is 22.3 Å². The van der Waals surface area contributed by atoms with Crippen LogP contribution in [0.5, 0.6) is 17.2 Å². The number of hydrogen-bond donors (Lipinski definition) is 2. The first kappa shape index (κ1) is 20.3. The lowest BCUT2D eigenvalue weighted by Gasteiger charge is -2.26. The zero-order valence-electron chi connectivity index (χ0n) is 17.0. The van der Waals surface area contributed by atoms with Crippen LogP contribution in [0.3, 0.4) is 0 Å². The smallest absolute Gasteiger partial charge is 0.201 e. The van der Waals surface area contributed by atoms with Crippen molar-refractivity contribution in [2.45, 2.75) is 32.1 Å². The van der Waals surface area contributed by atoms with Gasteiger partial charge in [0.25, 0.3) is 0 Å². The highest BCUT2D eigenvalue weighted by Gasteiger charge is 2.13. The van der Waals surface area contributed by atoms with Crippen LogP contribution in [0.1, 0.15) is 32.1 Å². The van der Waals surface area contributed by atoms with Crippen LogP contribution in [-0.4, -0.2) is 41.4 Å². The maximum atomic E-state index is 12.3. The Morgan fingerprint density at radius 3 is 2.50 bits per heavy atom. The second-order valence-electron chi connectivity index (χ2n) is 7.77. The molecule has 1 fully saturated rings. The summed E-state index contributed by atoms with van der Waals surface area (Å²) in [6, 6.07) is 11.4. The molecule has 3 aromatic rings. The second kappa shape index (κ2) is 9.22. The Labute approximate surface area is 175 Å². The molecule has 0 atom stereocenters. The summed E-state index contributed by atoms with van der Waals surface area (Å²) in [6.07, 6.45) is 6.15. The number of hydrogen-bond acceptors (Lipinski definition) is 6. The van der Waals surface area contributed by atoms with Crippen molar-refractivity contribution in [2.75, 3.05) is 26.2 Å². The molecule has 6 heteroatoms. The maximum absolute atomic E-state index is 12.3. The Balaban J connectivity index is 1.36. The number of piperidine rings is 1. The van der Waals surface area contributed by atoms with Crippen molar-refractivity contribution >= 4 is 11.0 Å². The van der Waals surface area contributed by atoms with Gasteiger partial charge < -0.3 is 24.3 Å². The highest BCUT2D eigenvalue weighted by atomic mass is 16.5. The molecule has 0 saturated carbocycles. The third-order valence-corrected chi connectivity index (χ3v) is 5.57. The Morgan fingerprint density at radius 1 is 0.967 bits per heavy atom. The van der Waals surface area contributed by atoms with Crippen LogP contribution in [-0.2, 0) is 0 Å². The van der Waals surface area contributed by atoms with Gasteiger partial charge in [-0.2, -0.15) is 0 Å². The third kappa shape index (κ3) is 4.60. The quantitative estimate of drug-likeness (QED) is 0.441. The molecule has 1 saturated heterocycles. The molecule has 4 rings (SSSR count). The molecule has 6 nitrogen and oxygen atoms in total. The molecular formula is C24H27NO5. The van der Waals surface area contributed by atoms with Gasteiger partial charge in [-0.3, -0.25) is 4.79 Å². The number of ether oxygens (including phenoxy) is 1. The molecule has 0 amide bonds. The van der Waals surface area contributed by atoms with Gasteiger partial charge in [-0.25, -0.2) is 0 Å². The highest BCUT2D eigenvalue weighted by molar-refractivity contribution is 5.86. The molecular weight excluding hydrogens is 382 g/mol. The van der Waals surface area contributed by atoms with E-state index in [4.69, 9.17) is 9.15 Å². The number of nitrogens with zero attached hydrogens (tertiary/aromatic N) is 1. The van der Waals surface area contributed by atoms with E-state index in [0.29, 0.717) is 17.9 Å². The Hall–Kier alpha value is -2.99. The van der Waals surface area contributed by atoms with E-state index in [-0.39, 0.29) is 22.1 Å². The predicted molar refractivity (Wildman–Crippen MR) is 116 cm³/mol. The number of aromatic hydroxyl groups is 2. The van der Waals surface area contributed by atoms with Gasteiger partial charge in [0.15, 0.2) is 16.8 Å². The van der Waals surface area contributed by atoms with E-state index in [1.165, 1.54) is 50.6 Å². The van der Waals surface area contributed by atoms with Crippen molar-refractivity contribution in [3.63, 3.8) is 0 Å². The largest absolute Gasteiger partial charge is 0.504 e. The number of phenolic OH excluding ortho intramolecular Hbond substituents is 2. The molecule has 30 heavy (non-hydrogen) atoms. The van der Waals surface area contributed by atoms with Crippen molar-refractivity contribution in [1.29, 1.82) is 0 Å². The second-order valence-corrected chi connectivity index (χ2v) is 7.77. The van der Waals surface area contributed by atoms with E-state index in [0.717, 1.165) is 25.1 Å². The van der Waals surface area contributed by atoms with Crippen molar-refractivity contribution in [2.24, 2.45) is 0 Å². The summed E-state index contributed by atoms with van der Waals surface area (Å²) in [5.41, 5.74) is 0.385. The van der Waals surface area contributed by atoms with Crippen LogP contribution in [0, 0.1) is 0 Å². The van der Waals surface area contributed by atoms with Gasteiger partial charge in [0.05, 0.1) is 12.0 Å². The SMILES string of the molecule is O=c1cc(-c2ccc(OCCCCN3CCCCC3)cc2)oc2c(O)c(O)ccc12. The number of benzene rings is 2. The summed E-state index contributed by atoms with van der Waals surface area (Å²) in [5.74, 6) is 0.324. The zero-order valence-corrected chi connectivity index (χ0v) is 17.0. The van der Waals surface area contributed by atoms with E-state index >= 15 is 0 Å². The number of unbranched alkanes of at least 4 members (excludes halogenated alkanes) is 1. The first-order valence-corrected chi connectivity index (χ1v) is 10.6. The van der Waals surface area contributed by atoms with Crippen LogP contribution in [0.4, 0.5) is 0 Å². The standard InChI is InChI=1S/C24H27NO5/c26-20-11-10-19-21(27)16-22(30-24(19)23(20)28)17-6-8-18(9-7-17)29-15-5-4-14-25-12-2-1-3-13-25/h6-11,16,26,28H,1-5,12-15H2. The minimum atomic E-state index is -0.434. The Kier molecular flexibility index (Phi) is 6.23. The summed E-state index contributed by atoms with van der Waals surface area (Å²) < 4.78 is 11.5.